The molecule has 19 heavy (non-hydrogen) atoms. The minimum absolute atomic E-state index is 0.129. The van der Waals surface area contributed by atoms with Crippen molar-refractivity contribution in [3.63, 3.8) is 0 Å². The molecule has 1 aromatic heterocycles. The lowest BCUT2D eigenvalue weighted by Crippen LogP contribution is -2.67. The lowest BCUT2D eigenvalue weighted by molar-refractivity contribution is 0.320. The van der Waals surface area contributed by atoms with Crippen molar-refractivity contribution in [3.8, 4) is 0 Å². The van der Waals surface area contributed by atoms with Crippen molar-refractivity contribution in [1.29, 1.82) is 0 Å². The summed E-state index contributed by atoms with van der Waals surface area (Å²) in [7, 11) is -0.403. The Balaban J connectivity index is 2.13. The molecule has 0 spiro atoms. The maximum Gasteiger partial charge on any atom is 0.244 e. The van der Waals surface area contributed by atoms with E-state index in [1.54, 1.807) is 12.1 Å². The Bertz CT molecular complexity index is 548. The van der Waals surface area contributed by atoms with E-state index < -0.39 is 10.0 Å². The maximum atomic E-state index is 11.9. The highest BCUT2D eigenvalue weighted by molar-refractivity contribution is 7.89. The molecule has 1 aliphatic rings. The van der Waals surface area contributed by atoms with E-state index in [0.717, 1.165) is 25.3 Å². The standard InChI is InChI=1S/C12H20N4O2S/c1-4-12(13)8-16(9-12)11-6-5-10(7-14-11)19(17,18)15(2)3/h5-7H,4,8-9,13H2,1-3H3. The van der Waals surface area contributed by atoms with E-state index in [1.165, 1.54) is 24.6 Å². The molecular formula is C12H20N4O2S. The molecule has 2 N–H and O–H groups in total. The van der Waals surface area contributed by atoms with Crippen molar-refractivity contribution < 1.29 is 8.42 Å². The molecule has 1 aromatic rings. The second-order valence-corrected chi connectivity index (χ2v) is 7.36. The number of rotatable bonds is 4. The summed E-state index contributed by atoms with van der Waals surface area (Å²) in [6.45, 7) is 3.59. The maximum absolute atomic E-state index is 11.9. The van der Waals surface area contributed by atoms with E-state index in [0.29, 0.717) is 0 Å². The molecule has 0 bridgehead atoms. The van der Waals surface area contributed by atoms with Crippen LogP contribution in [0.1, 0.15) is 13.3 Å². The second-order valence-electron chi connectivity index (χ2n) is 5.21. The molecule has 7 heteroatoms. The van der Waals surface area contributed by atoms with Gasteiger partial charge in [0.05, 0.1) is 5.54 Å². The Hall–Kier alpha value is -1.18. The van der Waals surface area contributed by atoms with Crippen LogP contribution in [-0.2, 0) is 10.0 Å². The van der Waals surface area contributed by atoms with E-state index in [-0.39, 0.29) is 10.4 Å². The molecule has 0 aliphatic carbocycles. The van der Waals surface area contributed by atoms with Gasteiger partial charge in [0, 0.05) is 33.4 Å². The van der Waals surface area contributed by atoms with Gasteiger partial charge in [0.2, 0.25) is 10.0 Å². The molecule has 0 saturated carbocycles. The van der Waals surface area contributed by atoms with E-state index in [2.05, 4.69) is 16.8 Å². The smallest absolute Gasteiger partial charge is 0.244 e. The van der Waals surface area contributed by atoms with Crippen molar-refractivity contribution in [3.05, 3.63) is 18.3 Å². The van der Waals surface area contributed by atoms with Gasteiger partial charge >= 0.3 is 0 Å². The molecular weight excluding hydrogens is 264 g/mol. The van der Waals surface area contributed by atoms with Crippen LogP contribution in [0.4, 0.5) is 5.82 Å². The number of hydrogen-bond acceptors (Lipinski definition) is 5. The summed E-state index contributed by atoms with van der Waals surface area (Å²) >= 11 is 0. The van der Waals surface area contributed by atoms with Gasteiger partial charge in [-0.1, -0.05) is 6.92 Å². The summed E-state index contributed by atoms with van der Waals surface area (Å²) in [5, 5.41) is 0. The van der Waals surface area contributed by atoms with Gasteiger partial charge in [-0.2, -0.15) is 0 Å². The molecule has 0 unspecified atom stereocenters. The molecule has 106 valence electrons. The zero-order valence-corrected chi connectivity index (χ0v) is 12.3. The number of anilines is 1. The summed E-state index contributed by atoms with van der Waals surface area (Å²) in [6, 6.07) is 3.31. The quantitative estimate of drug-likeness (QED) is 0.858. The third kappa shape index (κ3) is 2.58. The van der Waals surface area contributed by atoms with Gasteiger partial charge < -0.3 is 10.6 Å². The number of aromatic nitrogens is 1. The fourth-order valence-corrected chi connectivity index (χ4v) is 2.87. The van der Waals surface area contributed by atoms with Gasteiger partial charge in [0.25, 0.3) is 0 Å². The van der Waals surface area contributed by atoms with Gasteiger partial charge in [-0.25, -0.2) is 17.7 Å². The summed E-state index contributed by atoms with van der Waals surface area (Å²) in [4.78, 5) is 6.47. The fourth-order valence-electron chi connectivity index (χ4n) is 2.02. The number of sulfonamides is 1. The summed E-state index contributed by atoms with van der Waals surface area (Å²) < 4.78 is 25.0. The van der Waals surface area contributed by atoms with Gasteiger partial charge in [0.1, 0.15) is 10.7 Å². The van der Waals surface area contributed by atoms with Crippen molar-refractivity contribution in [2.75, 3.05) is 32.1 Å². The zero-order valence-electron chi connectivity index (χ0n) is 11.5. The Labute approximate surface area is 114 Å². The first kappa shape index (κ1) is 14.2. The summed E-state index contributed by atoms with van der Waals surface area (Å²) in [6.07, 6.45) is 2.32. The van der Waals surface area contributed by atoms with Crippen molar-refractivity contribution in [2.24, 2.45) is 5.73 Å². The van der Waals surface area contributed by atoms with Crippen LogP contribution in [0, 0.1) is 0 Å². The first-order chi connectivity index (χ1) is 8.78. The SMILES string of the molecule is CCC1(N)CN(c2ccc(S(=O)(=O)N(C)C)cn2)C1. The van der Waals surface area contributed by atoms with Crippen LogP contribution in [0.15, 0.2) is 23.2 Å². The van der Waals surface area contributed by atoms with E-state index in [4.69, 9.17) is 5.73 Å². The lowest BCUT2D eigenvalue weighted by Gasteiger charge is -2.48. The third-order valence-electron chi connectivity index (χ3n) is 3.54. The monoisotopic (exact) mass is 284 g/mol. The predicted molar refractivity (Wildman–Crippen MR) is 74.5 cm³/mol. The van der Waals surface area contributed by atoms with Crippen LogP contribution in [0.2, 0.25) is 0 Å². The van der Waals surface area contributed by atoms with E-state index in [1.807, 2.05) is 0 Å². The predicted octanol–water partition coefficient (Wildman–Crippen LogP) is 0.259. The lowest BCUT2D eigenvalue weighted by atomic mass is 9.88. The second kappa shape index (κ2) is 4.73. The van der Waals surface area contributed by atoms with Crippen molar-refractivity contribution in [1.82, 2.24) is 9.29 Å². The van der Waals surface area contributed by atoms with Crippen LogP contribution < -0.4 is 10.6 Å². The van der Waals surface area contributed by atoms with E-state index in [9.17, 15) is 8.42 Å². The van der Waals surface area contributed by atoms with Crippen molar-refractivity contribution >= 4 is 15.8 Å². The van der Waals surface area contributed by atoms with Crippen LogP contribution in [-0.4, -0.2) is 50.4 Å². The third-order valence-corrected chi connectivity index (χ3v) is 5.34. The number of nitrogens with two attached hydrogens (primary N) is 1. The van der Waals surface area contributed by atoms with Crippen LogP contribution in [0.5, 0.6) is 0 Å². The average molecular weight is 284 g/mol. The number of hydrogen-bond donors (Lipinski definition) is 1. The zero-order chi connectivity index (χ0) is 14.3. The molecule has 0 amide bonds. The first-order valence-electron chi connectivity index (χ1n) is 6.21. The molecule has 0 radical (unpaired) electrons. The van der Waals surface area contributed by atoms with Gasteiger partial charge in [-0.3, -0.25) is 0 Å². The Morgan fingerprint density at radius 1 is 1.42 bits per heavy atom. The Kier molecular flexibility index (Phi) is 3.55. The minimum atomic E-state index is -3.41. The fraction of sp³-hybridized carbons (Fsp3) is 0.583. The molecule has 1 fully saturated rings. The minimum Gasteiger partial charge on any atom is -0.353 e. The highest BCUT2D eigenvalue weighted by Crippen LogP contribution is 2.27. The highest BCUT2D eigenvalue weighted by atomic mass is 32.2. The van der Waals surface area contributed by atoms with Crippen LogP contribution in [0.25, 0.3) is 0 Å². The molecule has 0 atom stereocenters. The molecule has 1 saturated heterocycles. The average Bonchev–Trinajstić information content (AvgIpc) is 2.35. The molecule has 1 aliphatic heterocycles. The van der Waals surface area contributed by atoms with Crippen LogP contribution in [0.3, 0.4) is 0 Å². The number of nitrogens with zero attached hydrogens (tertiary/aromatic N) is 3. The highest BCUT2D eigenvalue weighted by Gasteiger charge is 2.38. The summed E-state index contributed by atoms with van der Waals surface area (Å²) in [5.41, 5.74) is 5.97. The number of pyridine rings is 1. The normalized spacial score (nSPS) is 18.5. The molecule has 0 aromatic carbocycles. The van der Waals surface area contributed by atoms with Crippen LogP contribution >= 0.6 is 0 Å². The Morgan fingerprint density at radius 2 is 2.05 bits per heavy atom. The largest absolute Gasteiger partial charge is 0.353 e. The van der Waals surface area contributed by atoms with Gasteiger partial charge in [-0.15, -0.1) is 0 Å². The molecule has 6 nitrogen and oxygen atoms in total. The summed E-state index contributed by atoms with van der Waals surface area (Å²) in [5.74, 6) is 0.771. The van der Waals surface area contributed by atoms with Crippen molar-refractivity contribution in [2.45, 2.75) is 23.8 Å². The molecule has 2 rings (SSSR count). The van der Waals surface area contributed by atoms with E-state index >= 15 is 0 Å². The van der Waals surface area contributed by atoms with Gasteiger partial charge in [-0.05, 0) is 18.6 Å². The first-order valence-corrected chi connectivity index (χ1v) is 7.65. The topological polar surface area (TPSA) is 79.5 Å². The molecule has 2 heterocycles. The van der Waals surface area contributed by atoms with Gasteiger partial charge in [0.15, 0.2) is 0 Å². The Morgan fingerprint density at radius 3 is 2.47 bits per heavy atom.